The molecule has 0 aromatic heterocycles. The molecule has 1 N–H and O–H groups in total. The highest BCUT2D eigenvalue weighted by Crippen LogP contribution is 2.02. The highest BCUT2D eigenvalue weighted by Gasteiger charge is 1.94. The summed E-state index contributed by atoms with van der Waals surface area (Å²) in [5.74, 6) is 0.479. The van der Waals surface area contributed by atoms with E-state index in [2.05, 4.69) is 44.8 Å². The maximum absolute atomic E-state index is 4.02. The van der Waals surface area contributed by atoms with Gasteiger partial charge < -0.3 is 5.43 Å². The molecule has 0 aliphatic carbocycles. The number of allylic oxidation sites excluding steroid dienone is 1. The van der Waals surface area contributed by atoms with Gasteiger partial charge in [0.05, 0.1) is 0 Å². The first-order chi connectivity index (χ1) is 5.04. The summed E-state index contributed by atoms with van der Waals surface area (Å²) in [7, 11) is 0. The van der Waals surface area contributed by atoms with Crippen LogP contribution < -0.4 is 5.43 Å². The van der Waals surface area contributed by atoms with Gasteiger partial charge in [-0.25, -0.2) is 0 Å². The summed E-state index contributed by atoms with van der Waals surface area (Å²) in [6.07, 6.45) is 1.78. The zero-order chi connectivity index (χ0) is 8.85. The molecule has 11 heavy (non-hydrogen) atoms. The van der Waals surface area contributed by atoms with Crippen LogP contribution >= 0.6 is 0 Å². The van der Waals surface area contributed by atoms with Crippen molar-refractivity contribution >= 4 is 6.21 Å². The van der Waals surface area contributed by atoms with Gasteiger partial charge in [0.1, 0.15) is 0 Å². The molecule has 64 valence electrons. The molecule has 0 heterocycles. The lowest BCUT2D eigenvalue weighted by atomic mass is 10.1. The summed E-state index contributed by atoms with van der Waals surface area (Å²) >= 11 is 0. The van der Waals surface area contributed by atoms with Gasteiger partial charge >= 0.3 is 0 Å². The van der Waals surface area contributed by atoms with E-state index in [0.29, 0.717) is 12.0 Å². The van der Waals surface area contributed by atoms with Crippen molar-refractivity contribution < 1.29 is 0 Å². The standard InChI is InChI=1S/C9H18N2/c1-7(2)9(5)6-10-11-8(3)4/h6-8,11H,5H2,1-4H3/b10-6+. The fourth-order valence-electron chi connectivity index (χ4n) is 0.418. The van der Waals surface area contributed by atoms with Crippen LogP contribution in [-0.2, 0) is 0 Å². The Morgan fingerprint density at radius 3 is 2.27 bits per heavy atom. The van der Waals surface area contributed by atoms with Gasteiger partial charge in [0, 0.05) is 12.3 Å². The predicted molar refractivity (Wildman–Crippen MR) is 50.7 cm³/mol. The molecular formula is C9H18N2. The van der Waals surface area contributed by atoms with E-state index in [-0.39, 0.29) is 0 Å². The third kappa shape index (κ3) is 5.64. The van der Waals surface area contributed by atoms with Crippen LogP contribution in [0, 0.1) is 5.92 Å². The minimum atomic E-state index is 0.395. The van der Waals surface area contributed by atoms with Crippen LogP contribution in [-0.4, -0.2) is 12.3 Å². The Morgan fingerprint density at radius 1 is 1.36 bits per heavy atom. The fraction of sp³-hybridized carbons (Fsp3) is 0.667. The zero-order valence-electron chi connectivity index (χ0n) is 7.89. The number of nitrogens with zero attached hydrogens (tertiary/aromatic N) is 1. The smallest absolute Gasteiger partial charge is 0.0496 e. The first kappa shape index (κ1) is 10.2. The zero-order valence-corrected chi connectivity index (χ0v) is 7.89. The van der Waals surface area contributed by atoms with E-state index in [1.54, 1.807) is 6.21 Å². The molecule has 0 radical (unpaired) electrons. The van der Waals surface area contributed by atoms with E-state index in [4.69, 9.17) is 0 Å². The molecule has 0 amide bonds. The van der Waals surface area contributed by atoms with Crippen molar-refractivity contribution in [3.63, 3.8) is 0 Å². The van der Waals surface area contributed by atoms with E-state index < -0.39 is 0 Å². The lowest BCUT2D eigenvalue weighted by Gasteiger charge is -2.04. The molecule has 0 aromatic carbocycles. The molecule has 0 saturated heterocycles. The van der Waals surface area contributed by atoms with Crippen LogP contribution in [0.2, 0.25) is 0 Å². The minimum Gasteiger partial charge on any atom is -0.308 e. The van der Waals surface area contributed by atoms with E-state index in [1.807, 2.05) is 0 Å². The van der Waals surface area contributed by atoms with Crippen LogP contribution in [0.4, 0.5) is 0 Å². The molecule has 0 spiro atoms. The Morgan fingerprint density at radius 2 is 1.91 bits per heavy atom. The summed E-state index contributed by atoms with van der Waals surface area (Å²) in [6, 6.07) is 0.395. The van der Waals surface area contributed by atoms with Gasteiger partial charge in [-0.2, -0.15) is 5.10 Å². The molecule has 0 bridgehead atoms. The molecule has 0 aromatic rings. The molecule has 0 atom stereocenters. The van der Waals surface area contributed by atoms with Crippen molar-refractivity contribution in [2.75, 3.05) is 0 Å². The first-order valence-corrected chi connectivity index (χ1v) is 4.01. The summed E-state index contributed by atoms with van der Waals surface area (Å²) in [5.41, 5.74) is 3.99. The topological polar surface area (TPSA) is 24.4 Å². The predicted octanol–water partition coefficient (Wildman–Crippen LogP) is 2.18. The van der Waals surface area contributed by atoms with Crippen LogP contribution in [0.15, 0.2) is 17.3 Å². The third-order valence-electron chi connectivity index (χ3n) is 1.30. The van der Waals surface area contributed by atoms with Crippen LogP contribution in [0.3, 0.4) is 0 Å². The Hall–Kier alpha value is -0.790. The summed E-state index contributed by atoms with van der Waals surface area (Å²) in [6.45, 7) is 12.2. The fourth-order valence-corrected chi connectivity index (χ4v) is 0.418. The molecule has 0 unspecified atom stereocenters. The third-order valence-corrected chi connectivity index (χ3v) is 1.30. The number of hydrogen-bond donors (Lipinski definition) is 1. The van der Waals surface area contributed by atoms with Crippen LogP contribution in [0.5, 0.6) is 0 Å². The van der Waals surface area contributed by atoms with E-state index >= 15 is 0 Å². The Labute approximate surface area is 69.4 Å². The molecular weight excluding hydrogens is 136 g/mol. The Bertz CT molecular complexity index is 146. The quantitative estimate of drug-likeness (QED) is 0.487. The number of hydrogen-bond acceptors (Lipinski definition) is 2. The minimum absolute atomic E-state index is 0.395. The molecule has 0 rings (SSSR count). The normalized spacial score (nSPS) is 11.5. The van der Waals surface area contributed by atoms with Gasteiger partial charge in [-0.1, -0.05) is 20.4 Å². The Kier molecular flexibility index (Phi) is 4.59. The second-order valence-corrected chi connectivity index (χ2v) is 3.27. The van der Waals surface area contributed by atoms with Gasteiger partial charge in [0.2, 0.25) is 0 Å². The van der Waals surface area contributed by atoms with Crippen LogP contribution in [0.1, 0.15) is 27.7 Å². The lowest BCUT2D eigenvalue weighted by molar-refractivity contribution is 0.621. The average molecular weight is 154 g/mol. The molecule has 0 saturated carbocycles. The monoisotopic (exact) mass is 154 g/mol. The van der Waals surface area contributed by atoms with Crippen molar-refractivity contribution in [3.8, 4) is 0 Å². The lowest BCUT2D eigenvalue weighted by Crippen LogP contribution is -2.16. The van der Waals surface area contributed by atoms with E-state index in [0.717, 1.165) is 5.57 Å². The maximum Gasteiger partial charge on any atom is 0.0496 e. The summed E-state index contributed by atoms with van der Waals surface area (Å²) in [5, 5.41) is 4.02. The van der Waals surface area contributed by atoms with Crippen molar-refractivity contribution in [2.24, 2.45) is 11.0 Å². The van der Waals surface area contributed by atoms with Crippen molar-refractivity contribution in [1.29, 1.82) is 0 Å². The second-order valence-electron chi connectivity index (χ2n) is 3.27. The molecule has 0 aliphatic rings. The second kappa shape index (κ2) is 4.94. The van der Waals surface area contributed by atoms with Gasteiger partial charge in [-0.15, -0.1) is 0 Å². The highest BCUT2D eigenvalue weighted by molar-refractivity contribution is 5.77. The van der Waals surface area contributed by atoms with Crippen molar-refractivity contribution in [3.05, 3.63) is 12.2 Å². The molecule has 2 heteroatoms. The number of hydrazone groups is 1. The average Bonchev–Trinajstić information content (AvgIpc) is 1.86. The summed E-state index contributed by atoms with van der Waals surface area (Å²) in [4.78, 5) is 0. The van der Waals surface area contributed by atoms with Gasteiger partial charge in [-0.3, -0.25) is 0 Å². The molecule has 0 aliphatic heterocycles. The first-order valence-electron chi connectivity index (χ1n) is 4.01. The number of rotatable bonds is 4. The SMILES string of the molecule is C=C(/C=N/NC(C)C)C(C)C. The molecule has 0 fully saturated rings. The van der Waals surface area contributed by atoms with Crippen molar-refractivity contribution in [2.45, 2.75) is 33.7 Å². The maximum atomic E-state index is 4.02. The van der Waals surface area contributed by atoms with E-state index in [9.17, 15) is 0 Å². The van der Waals surface area contributed by atoms with Crippen LogP contribution in [0.25, 0.3) is 0 Å². The van der Waals surface area contributed by atoms with Gasteiger partial charge in [-0.05, 0) is 25.3 Å². The molecule has 2 nitrogen and oxygen atoms in total. The van der Waals surface area contributed by atoms with Gasteiger partial charge in [0.15, 0.2) is 0 Å². The van der Waals surface area contributed by atoms with Crippen molar-refractivity contribution in [1.82, 2.24) is 5.43 Å². The summed E-state index contributed by atoms with van der Waals surface area (Å²) < 4.78 is 0. The number of nitrogens with one attached hydrogen (secondary N) is 1. The van der Waals surface area contributed by atoms with Gasteiger partial charge in [0.25, 0.3) is 0 Å². The largest absolute Gasteiger partial charge is 0.308 e. The van der Waals surface area contributed by atoms with E-state index in [1.165, 1.54) is 0 Å². The highest BCUT2D eigenvalue weighted by atomic mass is 15.3. The Balaban J connectivity index is 3.66.